The largest absolute Gasteiger partial charge is 0.491 e. The van der Waals surface area contributed by atoms with E-state index in [0.29, 0.717) is 18.8 Å². The van der Waals surface area contributed by atoms with Crippen molar-refractivity contribution < 1.29 is 13.2 Å². The summed E-state index contributed by atoms with van der Waals surface area (Å²) < 4.78 is 29.4. The van der Waals surface area contributed by atoms with Crippen molar-refractivity contribution in [2.75, 3.05) is 12.4 Å². The average Bonchev–Trinajstić information content (AvgIpc) is 2.25. The highest BCUT2D eigenvalue weighted by atomic mass is 79.9. The van der Waals surface area contributed by atoms with Crippen molar-refractivity contribution >= 4 is 51.6 Å². The van der Waals surface area contributed by atoms with E-state index in [0.717, 1.165) is 8.95 Å². The van der Waals surface area contributed by atoms with Crippen LogP contribution in [0.15, 0.2) is 27.1 Å². The minimum Gasteiger partial charge on any atom is -0.491 e. The maximum absolute atomic E-state index is 11.0. The van der Waals surface area contributed by atoms with E-state index in [-0.39, 0.29) is 11.7 Å². The number of halogens is 3. The van der Waals surface area contributed by atoms with Gasteiger partial charge in [-0.2, -0.15) is 0 Å². The summed E-state index contributed by atoms with van der Waals surface area (Å²) in [6.45, 7) is 2.22. The van der Waals surface area contributed by atoms with Gasteiger partial charge < -0.3 is 4.74 Å². The van der Waals surface area contributed by atoms with Crippen LogP contribution in [0.3, 0.4) is 0 Å². The molecule has 1 aromatic carbocycles. The lowest BCUT2D eigenvalue weighted by Crippen LogP contribution is -2.19. The van der Waals surface area contributed by atoms with Gasteiger partial charge in [-0.1, -0.05) is 13.0 Å². The Morgan fingerprint density at radius 3 is 2.33 bits per heavy atom. The molecular weight excluding hydrogens is 407 g/mol. The Labute approximate surface area is 129 Å². The van der Waals surface area contributed by atoms with Crippen LogP contribution in [-0.2, 0) is 9.05 Å². The van der Waals surface area contributed by atoms with Gasteiger partial charge in [-0.15, -0.1) is 0 Å². The predicted molar refractivity (Wildman–Crippen MR) is 80.8 cm³/mol. The molecule has 0 aliphatic carbocycles. The molecule has 102 valence electrons. The third kappa shape index (κ3) is 5.47. The lowest BCUT2D eigenvalue weighted by atomic mass is 10.1. The molecular formula is C11H13Br2ClO3S. The third-order valence-electron chi connectivity index (χ3n) is 2.39. The fraction of sp³-hybridized carbons (Fsp3) is 0.455. The molecule has 18 heavy (non-hydrogen) atoms. The van der Waals surface area contributed by atoms with Crippen LogP contribution in [0.4, 0.5) is 0 Å². The van der Waals surface area contributed by atoms with Gasteiger partial charge in [-0.05, 0) is 50.4 Å². The summed E-state index contributed by atoms with van der Waals surface area (Å²) in [7, 11) is 1.76. The van der Waals surface area contributed by atoms with E-state index in [9.17, 15) is 8.42 Å². The Kier molecular flexibility index (Phi) is 6.44. The van der Waals surface area contributed by atoms with Gasteiger partial charge in [-0.3, -0.25) is 0 Å². The Morgan fingerprint density at radius 2 is 1.89 bits per heavy atom. The molecule has 3 nitrogen and oxygen atoms in total. The zero-order valence-corrected chi connectivity index (χ0v) is 14.4. The number of hydrogen-bond acceptors (Lipinski definition) is 3. The molecule has 0 heterocycles. The summed E-state index contributed by atoms with van der Waals surface area (Å²) >= 11 is 6.76. The van der Waals surface area contributed by atoms with Crippen LogP contribution in [0.1, 0.15) is 13.3 Å². The highest BCUT2D eigenvalue weighted by molar-refractivity contribution is 9.11. The molecule has 0 radical (unpaired) electrons. The summed E-state index contributed by atoms with van der Waals surface area (Å²) in [6.07, 6.45) is 0.689. The summed E-state index contributed by atoms with van der Waals surface area (Å²) in [6, 6.07) is 5.60. The van der Waals surface area contributed by atoms with Crippen molar-refractivity contribution in [2.45, 2.75) is 13.3 Å². The molecule has 0 fully saturated rings. The van der Waals surface area contributed by atoms with Crippen LogP contribution < -0.4 is 4.74 Å². The van der Waals surface area contributed by atoms with Crippen molar-refractivity contribution in [1.29, 1.82) is 0 Å². The Morgan fingerprint density at radius 1 is 1.33 bits per heavy atom. The molecule has 0 saturated carbocycles. The second-order valence-corrected chi connectivity index (χ2v) is 8.37. The SMILES string of the molecule is CCC(COc1c(Br)cccc1Br)CS(=O)(=O)Cl. The monoisotopic (exact) mass is 418 g/mol. The van der Waals surface area contributed by atoms with Crippen molar-refractivity contribution in [3.05, 3.63) is 27.1 Å². The van der Waals surface area contributed by atoms with Gasteiger partial charge in [0.2, 0.25) is 9.05 Å². The molecule has 1 unspecified atom stereocenters. The summed E-state index contributed by atoms with van der Waals surface area (Å²) in [5.74, 6) is 0.474. The van der Waals surface area contributed by atoms with Gasteiger partial charge in [0.1, 0.15) is 5.75 Å². The first-order chi connectivity index (χ1) is 8.33. The molecule has 1 atom stereocenters. The molecule has 1 rings (SSSR count). The van der Waals surface area contributed by atoms with Crippen LogP contribution in [-0.4, -0.2) is 20.8 Å². The maximum atomic E-state index is 11.0. The van der Waals surface area contributed by atoms with E-state index in [4.69, 9.17) is 15.4 Å². The topological polar surface area (TPSA) is 43.4 Å². The Balaban J connectivity index is 2.69. The minimum absolute atomic E-state index is 0.0763. The second-order valence-electron chi connectivity index (χ2n) is 3.84. The van der Waals surface area contributed by atoms with Crippen LogP contribution in [0.25, 0.3) is 0 Å². The molecule has 0 amide bonds. The molecule has 0 aliphatic rings. The zero-order valence-electron chi connectivity index (χ0n) is 9.70. The van der Waals surface area contributed by atoms with Crippen molar-refractivity contribution in [1.82, 2.24) is 0 Å². The second kappa shape index (κ2) is 7.12. The van der Waals surface area contributed by atoms with Gasteiger partial charge in [-0.25, -0.2) is 8.42 Å². The lowest BCUT2D eigenvalue weighted by molar-refractivity contribution is 0.255. The third-order valence-corrected chi connectivity index (χ3v) is 4.89. The van der Waals surface area contributed by atoms with Crippen molar-refractivity contribution in [2.24, 2.45) is 5.92 Å². The molecule has 0 bridgehead atoms. The van der Waals surface area contributed by atoms with Crippen LogP contribution >= 0.6 is 42.5 Å². The highest BCUT2D eigenvalue weighted by Gasteiger charge is 2.17. The van der Waals surface area contributed by atoms with E-state index < -0.39 is 9.05 Å². The zero-order chi connectivity index (χ0) is 13.8. The fourth-order valence-electron chi connectivity index (χ4n) is 1.39. The summed E-state index contributed by atoms with van der Waals surface area (Å²) in [5, 5.41) is 0. The van der Waals surface area contributed by atoms with Gasteiger partial charge in [0.05, 0.1) is 21.3 Å². The van der Waals surface area contributed by atoms with Gasteiger partial charge >= 0.3 is 0 Å². The van der Waals surface area contributed by atoms with E-state index in [1.807, 2.05) is 25.1 Å². The lowest BCUT2D eigenvalue weighted by Gasteiger charge is -2.16. The van der Waals surface area contributed by atoms with Gasteiger partial charge in [0, 0.05) is 16.6 Å². The number of hydrogen-bond donors (Lipinski definition) is 0. The fourth-order valence-corrected chi connectivity index (χ4v) is 4.04. The first-order valence-electron chi connectivity index (χ1n) is 5.32. The standard InChI is InChI=1S/C11H13Br2ClO3S/c1-2-8(7-18(14,15)16)6-17-11-9(12)4-3-5-10(11)13/h3-5,8H,2,6-7H2,1H3. The molecule has 0 saturated heterocycles. The quantitative estimate of drug-likeness (QED) is 0.649. The maximum Gasteiger partial charge on any atom is 0.232 e. The molecule has 1 aromatic rings. The smallest absolute Gasteiger partial charge is 0.232 e. The van der Waals surface area contributed by atoms with E-state index in [1.165, 1.54) is 0 Å². The number of para-hydroxylation sites is 1. The van der Waals surface area contributed by atoms with Crippen molar-refractivity contribution in [3.8, 4) is 5.75 Å². The average molecular weight is 421 g/mol. The normalized spacial score (nSPS) is 13.3. The molecule has 0 spiro atoms. The summed E-state index contributed by atoms with van der Waals surface area (Å²) in [4.78, 5) is 0. The first-order valence-corrected chi connectivity index (χ1v) is 9.39. The number of ether oxygens (including phenoxy) is 1. The van der Waals surface area contributed by atoms with Crippen LogP contribution in [0, 0.1) is 5.92 Å². The predicted octanol–water partition coefficient (Wildman–Crippen LogP) is 4.19. The first kappa shape index (κ1) is 16.3. The highest BCUT2D eigenvalue weighted by Crippen LogP contribution is 2.33. The molecule has 0 aliphatic heterocycles. The molecule has 0 aromatic heterocycles. The molecule has 7 heteroatoms. The number of rotatable bonds is 6. The van der Waals surface area contributed by atoms with E-state index >= 15 is 0 Å². The van der Waals surface area contributed by atoms with Gasteiger partial charge in [0.15, 0.2) is 0 Å². The minimum atomic E-state index is -3.49. The summed E-state index contributed by atoms with van der Waals surface area (Å²) in [5.41, 5.74) is 0. The van der Waals surface area contributed by atoms with E-state index in [2.05, 4.69) is 31.9 Å². The number of benzene rings is 1. The van der Waals surface area contributed by atoms with Crippen LogP contribution in [0.5, 0.6) is 5.75 Å². The van der Waals surface area contributed by atoms with Crippen molar-refractivity contribution in [3.63, 3.8) is 0 Å². The van der Waals surface area contributed by atoms with Crippen LogP contribution in [0.2, 0.25) is 0 Å². The molecule has 0 N–H and O–H groups in total. The Bertz CT molecular complexity index is 485. The Hall–Kier alpha value is 0.220. The van der Waals surface area contributed by atoms with Gasteiger partial charge in [0.25, 0.3) is 0 Å². The van der Waals surface area contributed by atoms with E-state index in [1.54, 1.807) is 0 Å².